The van der Waals surface area contributed by atoms with Crippen molar-refractivity contribution in [2.75, 3.05) is 25.0 Å². The number of benzene rings is 2. The SMILES string of the molecule is CC1CCN(C(=O)Nc2n[nH]c3cc(-c4ccc5c(c4)CCO5)ccc23)CC1. The molecule has 5 rings (SSSR count). The van der Waals surface area contributed by atoms with Crippen molar-refractivity contribution in [1.82, 2.24) is 15.1 Å². The van der Waals surface area contributed by atoms with Gasteiger partial charge in [0.1, 0.15) is 5.75 Å². The van der Waals surface area contributed by atoms with E-state index in [2.05, 4.69) is 46.7 Å². The second-order valence-electron chi connectivity index (χ2n) is 7.85. The van der Waals surface area contributed by atoms with Crippen LogP contribution in [0.1, 0.15) is 25.3 Å². The third-order valence-electron chi connectivity index (χ3n) is 5.88. The Hall–Kier alpha value is -3.02. The summed E-state index contributed by atoms with van der Waals surface area (Å²) in [4.78, 5) is 14.4. The molecule has 6 heteroatoms. The molecular weight excluding hydrogens is 352 g/mol. The highest BCUT2D eigenvalue weighted by Crippen LogP contribution is 2.32. The second kappa shape index (κ2) is 6.86. The molecule has 3 aromatic rings. The van der Waals surface area contributed by atoms with Crippen LogP contribution in [0, 0.1) is 5.92 Å². The minimum absolute atomic E-state index is 0.0667. The summed E-state index contributed by atoms with van der Waals surface area (Å²) in [6, 6.07) is 12.4. The standard InChI is InChI=1S/C22H24N4O2/c1-14-6-9-26(10-7-14)22(27)23-21-18-4-2-16(13-19(18)24-25-21)15-3-5-20-17(12-15)8-11-28-20/h2-5,12-14H,6-11H2,1H3,(H2,23,24,25,27). The molecule has 1 saturated heterocycles. The van der Waals surface area contributed by atoms with Gasteiger partial charge in [0.15, 0.2) is 5.82 Å². The monoisotopic (exact) mass is 376 g/mol. The van der Waals surface area contributed by atoms with Crippen LogP contribution >= 0.6 is 0 Å². The Labute approximate surface area is 163 Å². The van der Waals surface area contributed by atoms with Gasteiger partial charge in [-0.15, -0.1) is 0 Å². The highest BCUT2D eigenvalue weighted by atomic mass is 16.5. The molecule has 2 aromatic carbocycles. The Morgan fingerprint density at radius 3 is 2.82 bits per heavy atom. The van der Waals surface area contributed by atoms with Gasteiger partial charge in [0, 0.05) is 24.9 Å². The van der Waals surface area contributed by atoms with Gasteiger partial charge in [-0.3, -0.25) is 10.4 Å². The van der Waals surface area contributed by atoms with Crippen molar-refractivity contribution in [3.8, 4) is 16.9 Å². The van der Waals surface area contributed by atoms with Crippen LogP contribution in [0.25, 0.3) is 22.0 Å². The maximum Gasteiger partial charge on any atom is 0.323 e. The van der Waals surface area contributed by atoms with E-state index in [-0.39, 0.29) is 6.03 Å². The van der Waals surface area contributed by atoms with Crippen molar-refractivity contribution in [2.24, 2.45) is 5.92 Å². The van der Waals surface area contributed by atoms with Gasteiger partial charge in [0.25, 0.3) is 0 Å². The number of hydrogen-bond donors (Lipinski definition) is 2. The molecule has 2 N–H and O–H groups in total. The van der Waals surface area contributed by atoms with Crippen LogP contribution < -0.4 is 10.1 Å². The largest absolute Gasteiger partial charge is 0.493 e. The fraction of sp³-hybridized carbons (Fsp3) is 0.364. The van der Waals surface area contributed by atoms with Crippen molar-refractivity contribution < 1.29 is 9.53 Å². The molecule has 28 heavy (non-hydrogen) atoms. The van der Waals surface area contributed by atoms with Crippen molar-refractivity contribution in [2.45, 2.75) is 26.2 Å². The molecule has 0 atom stereocenters. The Balaban J connectivity index is 1.37. The number of ether oxygens (including phenoxy) is 1. The van der Waals surface area contributed by atoms with Gasteiger partial charge in [-0.2, -0.15) is 5.10 Å². The minimum Gasteiger partial charge on any atom is -0.493 e. The van der Waals surface area contributed by atoms with E-state index in [4.69, 9.17) is 4.74 Å². The van der Waals surface area contributed by atoms with Crippen LogP contribution in [0.3, 0.4) is 0 Å². The molecule has 0 aliphatic carbocycles. The van der Waals surface area contributed by atoms with E-state index in [1.807, 2.05) is 17.0 Å². The molecule has 0 radical (unpaired) electrons. The van der Waals surface area contributed by atoms with Gasteiger partial charge in [0.2, 0.25) is 0 Å². The zero-order valence-corrected chi connectivity index (χ0v) is 16.0. The number of H-pyrrole nitrogens is 1. The Bertz CT molecular complexity index is 1030. The van der Waals surface area contributed by atoms with Gasteiger partial charge in [-0.25, -0.2) is 4.79 Å². The summed E-state index contributed by atoms with van der Waals surface area (Å²) in [6.07, 6.45) is 3.08. The zero-order valence-electron chi connectivity index (χ0n) is 16.0. The van der Waals surface area contributed by atoms with E-state index in [0.29, 0.717) is 11.7 Å². The molecular formula is C22H24N4O2. The van der Waals surface area contributed by atoms with Crippen LogP contribution in [0.15, 0.2) is 36.4 Å². The molecule has 1 fully saturated rings. The lowest BCUT2D eigenvalue weighted by Crippen LogP contribution is -2.40. The third kappa shape index (κ3) is 3.09. The van der Waals surface area contributed by atoms with Gasteiger partial charge < -0.3 is 9.64 Å². The van der Waals surface area contributed by atoms with E-state index in [1.54, 1.807) is 0 Å². The lowest BCUT2D eigenvalue weighted by atomic mass is 10.00. The summed E-state index contributed by atoms with van der Waals surface area (Å²) in [7, 11) is 0. The molecule has 0 spiro atoms. The molecule has 0 bridgehead atoms. The number of piperidine rings is 1. The smallest absolute Gasteiger partial charge is 0.323 e. The first-order valence-corrected chi connectivity index (χ1v) is 9.97. The number of nitrogens with one attached hydrogen (secondary N) is 2. The summed E-state index contributed by atoms with van der Waals surface area (Å²) in [6.45, 7) is 4.61. The number of anilines is 1. The molecule has 2 amide bonds. The van der Waals surface area contributed by atoms with Gasteiger partial charge in [-0.1, -0.05) is 19.1 Å². The van der Waals surface area contributed by atoms with Gasteiger partial charge in [0.05, 0.1) is 12.1 Å². The quantitative estimate of drug-likeness (QED) is 0.695. The summed E-state index contributed by atoms with van der Waals surface area (Å²) in [5, 5.41) is 11.3. The van der Waals surface area contributed by atoms with Crippen LogP contribution in [0.4, 0.5) is 10.6 Å². The fourth-order valence-corrected chi connectivity index (χ4v) is 4.05. The number of likely N-dealkylation sites (tertiary alicyclic amines) is 1. The highest BCUT2D eigenvalue weighted by molar-refractivity contribution is 6.00. The molecule has 0 saturated carbocycles. The number of fused-ring (bicyclic) bond motifs is 2. The Morgan fingerprint density at radius 1 is 1.18 bits per heavy atom. The molecule has 0 unspecified atom stereocenters. The predicted octanol–water partition coefficient (Wildman–Crippen LogP) is 4.43. The maximum atomic E-state index is 12.6. The fourth-order valence-electron chi connectivity index (χ4n) is 4.05. The first-order chi connectivity index (χ1) is 13.7. The number of aromatic nitrogens is 2. The van der Waals surface area contributed by atoms with Crippen molar-refractivity contribution in [3.05, 3.63) is 42.0 Å². The van der Waals surface area contributed by atoms with Crippen LogP contribution in [-0.4, -0.2) is 40.8 Å². The van der Waals surface area contributed by atoms with Crippen molar-refractivity contribution >= 4 is 22.8 Å². The van der Waals surface area contributed by atoms with Crippen molar-refractivity contribution in [1.29, 1.82) is 0 Å². The number of rotatable bonds is 2. The van der Waals surface area contributed by atoms with E-state index < -0.39 is 0 Å². The summed E-state index contributed by atoms with van der Waals surface area (Å²) in [5.41, 5.74) is 4.45. The number of amides is 2. The molecule has 2 aliphatic rings. The maximum absolute atomic E-state index is 12.6. The predicted molar refractivity (Wildman–Crippen MR) is 110 cm³/mol. The second-order valence-corrected chi connectivity index (χ2v) is 7.85. The van der Waals surface area contributed by atoms with E-state index in [9.17, 15) is 4.79 Å². The number of carbonyl (C=O) groups is 1. The summed E-state index contributed by atoms with van der Waals surface area (Å²) < 4.78 is 5.60. The summed E-state index contributed by atoms with van der Waals surface area (Å²) in [5.74, 6) is 2.27. The average Bonchev–Trinajstić information content (AvgIpc) is 3.34. The summed E-state index contributed by atoms with van der Waals surface area (Å²) >= 11 is 0. The molecule has 1 aromatic heterocycles. The Morgan fingerprint density at radius 2 is 1.96 bits per heavy atom. The van der Waals surface area contributed by atoms with Crippen LogP contribution in [0.5, 0.6) is 5.75 Å². The number of carbonyl (C=O) groups excluding carboxylic acids is 1. The van der Waals surface area contributed by atoms with E-state index in [1.165, 1.54) is 5.56 Å². The zero-order chi connectivity index (χ0) is 19.1. The van der Waals surface area contributed by atoms with Gasteiger partial charge in [-0.05, 0) is 59.7 Å². The van der Waals surface area contributed by atoms with Crippen molar-refractivity contribution in [3.63, 3.8) is 0 Å². The normalized spacial score (nSPS) is 16.8. The van der Waals surface area contributed by atoms with E-state index in [0.717, 1.165) is 66.7 Å². The number of hydrogen-bond acceptors (Lipinski definition) is 3. The minimum atomic E-state index is -0.0667. The topological polar surface area (TPSA) is 70.2 Å². The first kappa shape index (κ1) is 17.1. The number of nitrogens with zero attached hydrogens (tertiary/aromatic N) is 2. The third-order valence-corrected chi connectivity index (χ3v) is 5.88. The lowest BCUT2D eigenvalue weighted by Gasteiger charge is -2.30. The number of urea groups is 1. The highest BCUT2D eigenvalue weighted by Gasteiger charge is 2.21. The Kier molecular flexibility index (Phi) is 4.19. The van der Waals surface area contributed by atoms with Crippen LogP contribution in [-0.2, 0) is 6.42 Å². The van der Waals surface area contributed by atoms with E-state index >= 15 is 0 Å². The average molecular weight is 376 g/mol. The molecule has 3 heterocycles. The molecule has 144 valence electrons. The van der Waals surface area contributed by atoms with Crippen LogP contribution in [0.2, 0.25) is 0 Å². The lowest BCUT2D eigenvalue weighted by molar-refractivity contribution is 0.186. The van der Waals surface area contributed by atoms with Gasteiger partial charge >= 0.3 is 6.03 Å². The molecule has 2 aliphatic heterocycles. The number of aromatic amines is 1. The first-order valence-electron chi connectivity index (χ1n) is 9.97. The molecule has 6 nitrogen and oxygen atoms in total.